The summed E-state index contributed by atoms with van der Waals surface area (Å²) in [6, 6.07) is 7.92. The number of benzene rings is 1. The highest BCUT2D eigenvalue weighted by Gasteiger charge is 2.27. The maximum absolute atomic E-state index is 10.2. The molecule has 1 saturated carbocycles. The Hall–Kier alpha value is -1.35. The monoisotopic (exact) mass is 202 g/mol. The molecule has 3 nitrogen and oxygen atoms in total. The molecule has 0 radical (unpaired) electrons. The van der Waals surface area contributed by atoms with Crippen molar-refractivity contribution in [2.75, 3.05) is 0 Å². The molecule has 3 rings (SSSR count). The molecule has 3 heteroatoms. The van der Waals surface area contributed by atoms with Gasteiger partial charge in [0.05, 0.1) is 17.4 Å². The molecular formula is C12H14N2O. The van der Waals surface area contributed by atoms with Crippen molar-refractivity contribution in [3.8, 4) is 0 Å². The third-order valence-electron chi connectivity index (χ3n) is 3.34. The zero-order valence-corrected chi connectivity index (χ0v) is 8.50. The first-order chi connectivity index (χ1) is 7.36. The molecule has 1 aliphatic carbocycles. The second kappa shape index (κ2) is 3.35. The second-order valence-corrected chi connectivity index (χ2v) is 4.25. The van der Waals surface area contributed by atoms with E-state index in [1.54, 1.807) is 6.33 Å². The summed E-state index contributed by atoms with van der Waals surface area (Å²) in [5, 5.41) is 10.2. The van der Waals surface area contributed by atoms with Crippen LogP contribution in [0.15, 0.2) is 30.6 Å². The van der Waals surface area contributed by atoms with Crippen molar-refractivity contribution in [3.63, 3.8) is 0 Å². The molecule has 1 aliphatic rings. The van der Waals surface area contributed by atoms with Crippen LogP contribution in [0.2, 0.25) is 0 Å². The number of para-hydroxylation sites is 2. The summed E-state index contributed by atoms with van der Waals surface area (Å²) in [5.41, 5.74) is 1.98. The van der Waals surface area contributed by atoms with Crippen LogP contribution >= 0.6 is 0 Å². The van der Waals surface area contributed by atoms with Crippen molar-refractivity contribution in [3.05, 3.63) is 30.6 Å². The van der Waals surface area contributed by atoms with Gasteiger partial charge in [-0.3, -0.25) is 0 Å². The fourth-order valence-corrected chi connectivity index (χ4v) is 2.15. The van der Waals surface area contributed by atoms with E-state index in [4.69, 9.17) is 0 Å². The summed E-state index contributed by atoms with van der Waals surface area (Å²) >= 11 is 0. The second-order valence-electron chi connectivity index (χ2n) is 4.25. The maximum atomic E-state index is 10.2. The fraction of sp³-hybridized carbons (Fsp3) is 0.417. The number of imidazole rings is 1. The number of aromatic nitrogens is 2. The lowest BCUT2D eigenvalue weighted by Gasteiger charge is -2.31. The molecule has 0 amide bonds. The Labute approximate surface area is 88.4 Å². The van der Waals surface area contributed by atoms with Crippen LogP contribution in [0.4, 0.5) is 0 Å². The molecule has 1 heterocycles. The van der Waals surface area contributed by atoms with Gasteiger partial charge < -0.3 is 9.67 Å². The number of fused-ring (bicyclic) bond motifs is 1. The van der Waals surface area contributed by atoms with Gasteiger partial charge in [-0.25, -0.2) is 4.98 Å². The zero-order valence-electron chi connectivity index (χ0n) is 8.50. The van der Waals surface area contributed by atoms with Crippen LogP contribution in [0, 0.1) is 5.92 Å². The Morgan fingerprint density at radius 1 is 1.33 bits per heavy atom. The lowest BCUT2D eigenvalue weighted by molar-refractivity contribution is 0.00714. The predicted octanol–water partition coefficient (Wildman–Crippen LogP) is 2.33. The molecule has 1 fully saturated rings. The molecule has 0 saturated heterocycles. The molecule has 2 aromatic rings. The lowest BCUT2D eigenvalue weighted by atomic mass is 9.84. The largest absolute Gasteiger partial charge is 0.373 e. The Kier molecular flexibility index (Phi) is 1.99. The van der Waals surface area contributed by atoms with Gasteiger partial charge in [-0.05, 0) is 25.0 Å². The van der Waals surface area contributed by atoms with Gasteiger partial charge in [-0.2, -0.15) is 0 Å². The number of aliphatic hydroxyl groups is 1. The predicted molar refractivity (Wildman–Crippen MR) is 58.3 cm³/mol. The first-order valence-electron chi connectivity index (χ1n) is 5.46. The van der Waals surface area contributed by atoms with Gasteiger partial charge in [0.25, 0.3) is 0 Å². The van der Waals surface area contributed by atoms with E-state index in [1.807, 2.05) is 28.8 Å². The van der Waals surface area contributed by atoms with Crippen LogP contribution in [0.5, 0.6) is 0 Å². The molecule has 0 bridgehead atoms. The van der Waals surface area contributed by atoms with Gasteiger partial charge in [0.1, 0.15) is 6.23 Å². The van der Waals surface area contributed by atoms with Crippen LogP contribution in [-0.4, -0.2) is 14.7 Å². The van der Waals surface area contributed by atoms with Crippen LogP contribution in [0.1, 0.15) is 25.5 Å². The maximum Gasteiger partial charge on any atom is 0.134 e. The van der Waals surface area contributed by atoms with Crippen LogP contribution in [0.25, 0.3) is 11.0 Å². The molecule has 15 heavy (non-hydrogen) atoms. The molecule has 1 unspecified atom stereocenters. The smallest absolute Gasteiger partial charge is 0.134 e. The van der Waals surface area contributed by atoms with E-state index in [1.165, 1.54) is 6.42 Å². The Balaban J connectivity index is 2.02. The van der Waals surface area contributed by atoms with E-state index >= 15 is 0 Å². The van der Waals surface area contributed by atoms with Crippen LogP contribution in [-0.2, 0) is 0 Å². The first-order valence-corrected chi connectivity index (χ1v) is 5.46. The topological polar surface area (TPSA) is 38.0 Å². The highest BCUT2D eigenvalue weighted by atomic mass is 16.3. The molecule has 1 N–H and O–H groups in total. The lowest BCUT2D eigenvalue weighted by Crippen LogP contribution is -2.24. The minimum Gasteiger partial charge on any atom is -0.373 e. The van der Waals surface area contributed by atoms with Crippen molar-refractivity contribution >= 4 is 11.0 Å². The summed E-state index contributed by atoms with van der Waals surface area (Å²) in [5.74, 6) is 0.419. The summed E-state index contributed by atoms with van der Waals surface area (Å²) in [6.07, 6.45) is 4.86. The van der Waals surface area contributed by atoms with Crippen molar-refractivity contribution in [1.29, 1.82) is 0 Å². The Bertz CT molecular complexity index is 473. The van der Waals surface area contributed by atoms with E-state index < -0.39 is 6.23 Å². The van der Waals surface area contributed by atoms with E-state index in [9.17, 15) is 5.11 Å². The number of hydrogen-bond donors (Lipinski definition) is 1. The normalized spacial score (nSPS) is 19.0. The summed E-state index contributed by atoms with van der Waals surface area (Å²) < 4.78 is 1.89. The standard InChI is InChI=1S/C12H14N2O/c15-12(9-4-3-5-9)14-8-13-10-6-1-2-7-11(10)14/h1-2,6-9,12,15H,3-5H2. The minimum atomic E-state index is -0.397. The van der Waals surface area contributed by atoms with Crippen molar-refractivity contribution in [2.24, 2.45) is 5.92 Å². The quantitative estimate of drug-likeness (QED) is 0.811. The number of hydrogen-bond acceptors (Lipinski definition) is 2. The third-order valence-corrected chi connectivity index (χ3v) is 3.34. The summed E-state index contributed by atoms with van der Waals surface area (Å²) in [7, 11) is 0. The number of nitrogens with zero attached hydrogens (tertiary/aromatic N) is 2. The zero-order chi connectivity index (χ0) is 10.3. The number of aliphatic hydroxyl groups excluding tert-OH is 1. The molecule has 78 valence electrons. The summed E-state index contributed by atoms with van der Waals surface area (Å²) in [6.45, 7) is 0. The van der Waals surface area contributed by atoms with Gasteiger partial charge >= 0.3 is 0 Å². The van der Waals surface area contributed by atoms with Gasteiger partial charge in [0.2, 0.25) is 0 Å². The summed E-state index contributed by atoms with van der Waals surface area (Å²) in [4.78, 5) is 4.28. The fourth-order valence-electron chi connectivity index (χ4n) is 2.15. The van der Waals surface area contributed by atoms with E-state index in [0.29, 0.717) is 5.92 Å². The van der Waals surface area contributed by atoms with Gasteiger partial charge in [0, 0.05) is 5.92 Å². The molecule has 0 aliphatic heterocycles. The van der Waals surface area contributed by atoms with Crippen molar-refractivity contribution in [2.45, 2.75) is 25.5 Å². The SMILES string of the molecule is OC(C1CCC1)n1cnc2ccccc21. The van der Waals surface area contributed by atoms with Crippen LogP contribution in [0.3, 0.4) is 0 Å². The van der Waals surface area contributed by atoms with Gasteiger partial charge in [0.15, 0.2) is 0 Å². The minimum absolute atomic E-state index is 0.397. The first kappa shape index (κ1) is 8.92. The Morgan fingerprint density at radius 3 is 2.87 bits per heavy atom. The highest BCUT2D eigenvalue weighted by Crippen LogP contribution is 2.35. The molecule has 1 atom stereocenters. The average molecular weight is 202 g/mol. The molecular weight excluding hydrogens is 188 g/mol. The third kappa shape index (κ3) is 1.35. The van der Waals surface area contributed by atoms with Crippen LogP contribution < -0.4 is 0 Å². The van der Waals surface area contributed by atoms with Crippen molar-refractivity contribution < 1.29 is 5.11 Å². The molecule has 0 spiro atoms. The number of rotatable bonds is 2. The molecule has 1 aromatic heterocycles. The van der Waals surface area contributed by atoms with Crippen molar-refractivity contribution in [1.82, 2.24) is 9.55 Å². The molecule has 1 aromatic carbocycles. The Morgan fingerprint density at radius 2 is 2.13 bits per heavy atom. The van der Waals surface area contributed by atoms with Gasteiger partial charge in [-0.15, -0.1) is 0 Å². The average Bonchev–Trinajstić information content (AvgIpc) is 2.58. The van der Waals surface area contributed by atoms with E-state index in [-0.39, 0.29) is 0 Å². The highest BCUT2D eigenvalue weighted by molar-refractivity contribution is 5.75. The van der Waals surface area contributed by atoms with E-state index in [2.05, 4.69) is 4.98 Å². The van der Waals surface area contributed by atoms with E-state index in [0.717, 1.165) is 23.9 Å². The van der Waals surface area contributed by atoms with Gasteiger partial charge in [-0.1, -0.05) is 18.6 Å².